The third-order valence-electron chi connectivity index (χ3n) is 5.36. The first-order chi connectivity index (χ1) is 17.9. The third kappa shape index (κ3) is 19.2. The summed E-state index contributed by atoms with van der Waals surface area (Å²) < 4.78 is 35.7. The lowest BCUT2D eigenvalue weighted by molar-refractivity contribution is -0.126. The molecule has 0 unspecified atom stereocenters. The molecule has 8 nitrogen and oxygen atoms in total. The fraction of sp³-hybridized carbons (Fsp3) is 0.724. The Morgan fingerprint density at radius 2 is 1.45 bits per heavy atom. The normalized spacial score (nSPS) is 12.6. The second kappa shape index (κ2) is 26.6. The van der Waals surface area contributed by atoms with E-state index < -0.39 is 9.84 Å². The van der Waals surface area contributed by atoms with Crippen LogP contribution < -0.4 is 10.1 Å². The molecule has 3 N–H and O–H groups in total. The highest BCUT2D eigenvalue weighted by atomic mass is 32.2. The summed E-state index contributed by atoms with van der Waals surface area (Å²) in [5.74, 6) is 0.904. The zero-order valence-corrected chi connectivity index (χ0v) is 25.8. The smallest absolute Gasteiger partial charge is 0.223 e. The molecule has 0 atom stereocenters. The van der Waals surface area contributed by atoms with E-state index in [4.69, 9.17) is 9.47 Å². The van der Waals surface area contributed by atoms with Crippen molar-refractivity contribution in [2.75, 3.05) is 32.1 Å². The lowest BCUT2D eigenvalue weighted by atomic mass is 9.89. The summed E-state index contributed by atoms with van der Waals surface area (Å²) in [6.07, 6.45) is 7.23. The molecule has 0 heterocycles. The highest BCUT2D eigenvalue weighted by Gasteiger charge is 2.20. The van der Waals surface area contributed by atoms with E-state index in [0.717, 1.165) is 25.7 Å². The van der Waals surface area contributed by atoms with Crippen LogP contribution in [0.3, 0.4) is 0 Å². The van der Waals surface area contributed by atoms with E-state index in [1.54, 1.807) is 12.1 Å². The quantitative estimate of drug-likeness (QED) is 0.296. The molecule has 1 aliphatic rings. The van der Waals surface area contributed by atoms with Crippen molar-refractivity contribution in [1.29, 1.82) is 0 Å². The van der Waals surface area contributed by atoms with Crippen molar-refractivity contribution < 1.29 is 33.0 Å². The monoisotopic (exact) mass is 561 g/mol. The number of hydrogen-bond acceptors (Lipinski definition) is 6. The molecule has 1 fully saturated rings. The summed E-state index contributed by atoms with van der Waals surface area (Å²) >= 11 is 0. The van der Waals surface area contributed by atoms with Gasteiger partial charge in [-0.05, 0) is 56.9 Å². The summed E-state index contributed by atoms with van der Waals surface area (Å²) in [7, 11) is -3.43. The first kappa shape index (κ1) is 40.5. The molecule has 2 rings (SSSR count). The van der Waals surface area contributed by atoms with Crippen LogP contribution in [0.4, 0.5) is 0 Å². The van der Waals surface area contributed by atoms with Crippen LogP contribution in [0.25, 0.3) is 0 Å². The predicted octanol–water partition coefficient (Wildman–Crippen LogP) is 5.57. The average molecular weight is 562 g/mol. The lowest BCUT2D eigenvalue weighted by Crippen LogP contribution is -2.33. The SMILES string of the molecule is CC.CC.CC.CC(=O)CCCOCCS(=O)(=O)c1ccc(OCCCNC(=O)C2CCCCC2)cc1.O. The molecule has 0 saturated heterocycles. The molecule has 1 aliphatic carbocycles. The van der Waals surface area contributed by atoms with Gasteiger partial charge in [-0.3, -0.25) is 4.79 Å². The number of ketones is 1. The minimum atomic E-state index is -3.43. The van der Waals surface area contributed by atoms with Crippen LogP contribution in [-0.4, -0.2) is 57.7 Å². The van der Waals surface area contributed by atoms with Crippen LogP contribution in [0.2, 0.25) is 0 Å². The van der Waals surface area contributed by atoms with Crippen LogP contribution >= 0.6 is 0 Å². The molecule has 38 heavy (non-hydrogen) atoms. The average Bonchev–Trinajstić information content (AvgIpc) is 2.94. The van der Waals surface area contributed by atoms with Gasteiger partial charge in [0, 0.05) is 25.5 Å². The van der Waals surface area contributed by atoms with Gasteiger partial charge in [0.1, 0.15) is 11.5 Å². The second-order valence-electron chi connectivity index (χ2n) is 8.04. The molecule has 1 saturated carbocycles. The largest absolute Gasteiger partial charge is 0.494 e. The predicted molar refractivity (Wildman–Crippen MR) is 157 cm³/mol. The third-order valence-corrected chi connectivity index (χ3v) is 7.06. The fourth-order valence-electron chi connectivity index (χ4n) is 3.54. The number of benzene rings is 1. The van der Waals surface area contributed by atoms with E-state index in [1.165, 1.54) is 25.5 Å². The zero-order valence-electron chi connectivity index (χ0n) is 24.9. The Morgan fingerprint density at radius 1 is 0.868 bits per heavy atom. The van der Waals surface area contributed by atoms with Gasteiger partial charge in [0.15, 0.2) is 9.84 Å². The van der Waals surface area contributed by atoms with E-state index in [-0.39, 0.29) is 40.3 Å². The van der Waals surface area contributed by atoms with Gasteiger partial charge < -0.3 is 25.1 Å². The second-order valence-corrected chi connectivity index (χ2v) is 10.1. The van der Waals surface area contributed by atoms with Crippen LogP contribution in [-0.2, 0) is 24.2 Å². The Morgan fingerprint density at radius 3 is 2.00 bits per heavy atom. The van der Waals surface area contributed by atoms with Crippen LogP contribution in [0.5, 0.6) is 5.75 Å². The van der Waals surface area contributed by atoms with Crippen molar-refractivity contribution in [1.82, 2.24) is 5.32 Å². The van der Waals surface area contributed by atoms with E-state index in [0.29, 0.717) is 44.8 Å². The molecule has 1 aromatic carbocycles. The summed E-state index contributed by atoms with van der Waals surface area (Å²) in [6.45, 7) is 15.0. The molecule has 0 aliphatic heterocycles. The highest BCUT2D eigenvalue weighted by molar-refractivity contribution is 7.91. The van der Waals surface area contributed by atoms with Gasteiger partial charge in [-0.15, -0.1) is 0 Å². The van der Waals surface area contributed by atoms with Crippen molar-refractivity contribution in [3.63, 3.8) is 0 Å². The molecule has 1 aromatic rings. The molecule has 224 valence electrons. The topological polar surface area (TPSA) is 130 Å². The summed E-state index contributed by atoms with van der Waals surface area (Å²) in [6, 6.07) is 6.35. The van der Waals surface area contributed by atoms with Gasteiger partial charge in [0.25, 0.3) is 0 Å². The molecule has 9 heteroatoms. The first-order valence-corrected chi connectivity index (χ1v) is 15.8. The Bertz CT molecular complexity index is 790. The van der Waals surface area contributed by atoms with Crippen molar-refractivity contribution in [3.8, 4) is 5.75 Å². The summed E-state index contributed by atoms with van der Waals surface area (Å²) in [5, 5.41) is 2.98. The minimum absolute atomic E-state index is 0. The number of carbonyl (C=O) groups excluding carboxylic acids is 2. The van der Waals surface area contributed by atoms with Gasteiger partial charge in [0.2, 0.25) is 5.91 Å². The number of ether oxygens (including phenoxy) is 2. The number of amides is 1. The Balaban J connectivity index is -0.00000163. The van der Waals surface area contributed by atoms with Gasteiger partial charge in [-0.1, -0.05) is 60.8 Å². The number of rotatable bonds is 14. The molecule has 0 aromatic heterocycles. The zero-order chi connectivity index (χ0) is 28.5. The molecular weight excluding hydrogens is 506 g/mol. The maximum atomic E-state index is 12.4. The van der Waals surface area contributed by atoms with E-state index in [1.807, 2.05) is 41.5 Å². The van der Waals surface area contributed by atoms with Crippen LogP contribution in [0, 0.1) is 5.92 Å². The number of nitrogens with one attached hydrogen (secondary N) is 1. The maximum absolute atomic E-state index is 12.4. The lowest BCUT2D eigenvalue weighted by Gasteiger charge is -2.20. The van der Waals surface area contributed by atoms with Gasteiger partial charge in [0.05, 0.1) is 23.9 Å². The summed E-state index contributed by atoms with van der Waals surface area (Å²) in [5.41, 5.74) is 0. The molecule has 0 bridgehead atoms. The molecule has 0 spiro atoms. The first-order valence-electron chi connectivity index (χ1n) is 14.2. The number of sulfone groups is 1. The van der Waals surface area contributed by atoms with Crippen LogP contribution in [0.1, 0.15) is 99.8 Å². The van der Waals surface area contributed by atoms with Crippen molar-refractivity contribution >= 4 is 21.5 Å². The molecule has 1 amide bonds. The van der Waals surface area contributed by atoms with Gasteiger partial charge in [-0.2, -0.15) is 0 Å². The van der Waals surface area contributed by atoms with Crippen LogP contribution in [0.15, 0.2) is 29.2 Å². The molecule has 0 radical (unpaired) electrons. The highest BCUT2D eigenvalue weighted by Crippen LogP contribution is 2.23. The Hall–Kier alpha value is -1.97. The molecular formula is C29H55NO7S. The minimum Gasteiger partial charge on any atom is -0.494 e. The van der Waals surface area contributed by atoms with Crippen molar-refractivity contribution in [2.24, 2.45) is 5.92 Å². The fourth-order valence-corrected chi connectivity index (χ4v) is 4.66. The van der Waals surface area contributed by atoms with Crippen molar-refractivity contribution in [3.05, 3.63) is 24.3 Å². The maximum Gasteiger partial charge on any atom is 0.223 e. The standard InChI is InChI=1S/C23H35NO6S.3C2H6.H2O/c1-19(25)7-5-15-29-17-18-31(27,28)22-12-10-21(11-13-22)30-16-6-14-24-23(26)20-8-3-2-4-9-20;3*1-2;/h10-13,20H,2-9,14-18H2,1H3,(H,24,26);3*1-2H3;1H2. The Kier molecular flexibility index (Phi) is 28.4. The summed E-state index contributed by atoms with van der Waals surface area (Å²) in [4.78, 5) is 23.2. The van der Waals surface area contributed by atoms with E-state index in [9.17, 15) is 18.0 Å². The number of carbonyl (C=O) groups is 2. The number of Topliss-reactive ketones (excluding diaryl/α,β-unsaturated/α-hetero) is 1. The van der Waals surface area contributed by atoms with Gasteiger partial charge >= 0.3 is 0 Å². The Labute approximate surface area is 232 Å². The number of hydrogen-bond donors (Lipinski definition) is 1. The van der Waals surface area contributed by atoms with E-state index in [2.05, 4.69) is 5.32 Å². The van der Waals surface area contributed by atoms with Crippen molar-refractivity contribution in [2.45, 2.75) is 105 Å². The van der Waals surface area contributed by atoms with E-state index >= 15 is 0 Å². The van der Waals surface area contributed by atoms with Gasteiger partial charge in [-0.25, -0.2) is 8.42 Å².